The zero-order valence-electron chi connectivity index (χ0n) is 16.9. The summed E-state index contributed by atoms with van der Waals surface area (Å²) in [6.07, 6.45) is 3.19. The molecule has 146 valence electrons. The number of amides is 2. The molecule has 1 aromatic heterocycles. The van der Waals surface area contributed by atoms with Crippen LogP contribution in [0.3, 0.4) is 0 Å². The van der Waals surface area contributed by atoms with E-state index in [0.29, 0.717) is 24.3 Å². The number of aromatic nitrogens is 2. The van der Waals surface area contributed by atoms with E-state index in [0.717, 1.165) is 29.9 Å². The monoisotopic (exact) mass is 378 g/mol. The van der Waals surface area contributed by atoms with Crippen molar-refractivity contribution < 1.29 is 9.59 Å². The molecule has 1 aromatic carbocycles. The Hall–Kier alpha value is -2.76. The molecule has 1 unspecified atom stereocenters. The highest BCUT2D eigenvalue weighted by atomic mass is 16.2. The number of fused-ring (bicyclic) bond motifs is 2. The standard InChI is InChI=1S/C22H26N4O2/c1-14(2)19-23-12-16(15(3)24-19)20(27)26-11-7-10-22(13-26)17-8-5-6-9-18(17)25(4)21(22)28/h5-6,8-9,12,14H,7,10-11,13H2,1-4H3. The van der Waals surface area contributed by atoms with Crippen LogP contribution in [0.5, 0.6) is 0 Å². The SMILES string of the molecule is Cc1nc(C(C)C)ncc1C(=O)N1CCCC2(C1)C(=O)N(C)c1ccccc12. The number of carbonyl (C=O) groups is 2. The Morgan fingerprint density at radius 3 is 2.71 bits per heavy atom. The Balaban J connectivity index is 1.67. The third kappa shape index (κ3) is 2.70. The van der Waals surface area contributed by atoms with Crippen LogP contribution in [0, 0.1) is 6.92 Å². The summed E-state index contributed by atoms with van der Waals surface area (Å²) in [5, 5.41) is 0. The largest absolute Gasteiger partial charge is 0.337 e. The molecule has 0 aliphatic carbocycles. The molecular formula is C22H26N4O2. The molecule has 1 atom stereocenters. The molecular weight excluding hydrogens is 352 g/mol. The second-order valence-electron chi connectivity index (χ2n) is 8.18. The summed E-state index contributed by atoms with van der Waals surface area (Å²) in [5.74, 6) is 0.941. The molecule has 6 heteroatoms. The minimum atomic E-state index is -0.647. The van der Waals surface area contributed by atoms with Gasteiger partial charge >= 0.3 is 0 Å². The van der Waals surface area contributed by atoms with Crippen molar-refractivity contribution in [1.29, 1.82) is 0 Å². The van der Waals surface area contributed by atoms with Crippen molar-refractivity contribution in [3.63, 3.8) is 0 Å². The van der Waals surface area contributed by atoms with E-state index < -0.39 is 5.41 Å². The Bertz CT molecular complexity index is 955. The van der Waals surface area contributed by atoms with E-state index in [9.17, 15) is 9.59 Å². The Morgan fingerprint density at radius 2 is 2.00 bits per heavy atom. The van der Waals surface area contributed by atoms with Gasteiger partial charge in [-0.05, 0) is 31.4 Å². The number of rotatable bonds is 2. The van der Waals surface area contributed by atoms with Crippen LogP contribution >= 0.6 is 0 Å². The third-order valence-corrected chi connectivity index (χ3v) is 6.02. The molecule has 1 saturated heterocycles. The lowest BCUT2D eigenvalue weighted by atomic mass is 9.75. The lowest BCUT2D eigenvalue weighted by Crippen LogP contribution is -2.53. The number of nitrogens with zero attached hydrogens (tertiary/aromatic N) is 4. The van der Waals surface area contributed by atoms with Gasteiger partial charge in [0.15, 0.2) is 0 Å². The van der Waals surface area contributed by atoms with E-state index in [1.807, 2.05) is 52.1 Å². The van der Waals surface area contributed by atoms with E-state index in [1.165, 1.54) is 0 Å². The van der Waals surface area contributed by atoms with Crippen molar-refractivity contribution in [2.24, 2.45) is 0 Å². The summed E-state index contributed by atoms with van der Waals surface area (Å²) in [4.78, 5) is 38.9. The van der Waals surface area contributed by atoms with Crippen molar-refractivity contribution in [2.75, 3.05) is 25.0 Å². The van der Waals surface area contributed by atoms with Crippen molar-refractivity contribution in [3.05, 3.63) is 53.1 Å². The number of likely N-dealkylation sites (N-methyl/N-ethyl adjacent to an activating group) is 1. The van der Waals surface area contributed by atoms with Crippen LogP contribution in [-0.2, 0) is 10.2 Å². The first-order chi connectivity index (χ1) is 13.3. The number of carbonyl (C=O) groups excluding carboxylic acids is 2. The van der Waals surface area contributed by atoms with Gasteiger partial charge in [0.2, 0.25) is 5.91 Å². The van der Waals surface area contributed by atoms with Crippen molar-refractivity contribution >= 4 is 17.5 Å². The first-order valence-corrected chi connectivity index (χ1v) is 9.85. The van der Waals surface area contributed by atoms with Crippen LogP contribution in [0.2, 0.25) is 0 Å². The second-order valence-corrected chi connectivity index (χ2v) is 8.18. The number of para-hydroxylation sites is 1. The molecule has 1 fully saturated rings. The Labute approximate surface area is 165 Å². The maximum atomic E-state index is 13.3. The zero-order valence-corrected chi connectivity index (χ0v) is 16.9. The molecule has 0 radical (unpaired) electrons. The highest BCUT2D eigenvalue weighted by Crippen LogP contribution is 2.46. The predicted octanol–water partition coefficient (Wildman–Crippen LogP) is 3.06. The topological polar surface area (TPSA) is 66.4 Å². The number of benzene rings is 1. The molecule has 0 saturated carbocycles. The van der Waals surface area contributed by atoms with E-state index in [4.69, 9.17) is 0 Å². The summed E-state index contributed by atoms with van der Waals surface area (Å²) in [7, 11) is 1.82. The first kappa shape index (κ1) is 18.6. The Kier molecular flexibility index (Phi) is 4.44. The van der Waals surface area contributed by atoms with E-state index >= 15 is 0 Å². The number of hydrogen-bond acceptors (Lipinski definition) is 4. The second kappa shape index (κ2) is 6.69. The van der Waals surface area contributed by atoms with Crippen molar-refractivity contribution in [2.45, 2.75) is 44.9 Å². The van der Waals surface area contributed by atoms with Gasteiger partial charge in [0, 0.05) is 37.9 Å². The van der Waals surface area contributed by atoms with E-state index in [1.54, 1.807) is 16.0 Å². The predicted molar refractivity (Wildman–Crippen MR) is 108 cm³/mol. The smallest absolute Gasteiger partial charge is 0.257 e. The maximum absolute atomic E-state index is 13.3. The van der Waals surface area contributed by atoms with Gasteiger partial charge in [0.1, 0.15) is 5.82 Å². The van der Waals surface area contributed by atoms with Crippen molar-refractivity contribution in [3.8, 4) is 0 Å². The van der Waals surface area contributed by atoms with Gasteiger partial charge in [0.25, 0.3) is 5.91 Å². The fourth-order valence-electron chi connectivity index (χ4n) is 4.48. The van der Waals surface area contributed by atoms with Gasteiger partial charge in [-0.25, -0.2) is 9.97 Å². The summed E-state index contributed by atoms with van der Waals surface area (Å²) in [6, 6.07) is 7.92. The molecule has 2 amide bonds. The molecule has 6 nitrogen and oxygen atoms in total. The average Bonchev–Trinajstić information content (AvgIpc) is 2.90. The maximum Gasteiger partial charge on any atom is 0.257 e. The summed E-state index contributed by atoms with van der Waals surface area (Å²) < 4.78 is 0. The average molecular weight is 378 g/mol. The summed E-state index contributed by atoms with van der Waals surface area (Å²) >= 11 is 0. The fraction of sp³-hybridized carbons (Fsp3) is 0.455. The van der Waals surface area contributed by atoms with Gasteiger partial charge < -0.3 is 9.80 Å². The van der Waals surface area contributed by atoms with Gasteiger partial charge in [-0.15, -0.1) is 0 Å². The van der Waals surface area contributed by atoms with Gasteiger partial charge in [0.05, 0.1) is 16.7 Å². The van der Waals surface area contributed by atoms with E-state index in [-0.39, 0.29) is 17.7 Å². The van der Waals surface area contributed by atoms with Gasteiger partial charge in [-0.2, -0.15) is 0 Å². The molecule has 2 aliphatic heterocycles. The number of anilines is 1. The fourth-order valence-corrected chi connectivity index (χ4v) is 4.48. The quantitative estimate of drug-likeness (QED) is 0.806. The number of piperidine rings is 1. The molecule has 2 aliphatic rings. The van der Waals surface area contributed by atoms with Crippen LogP contribution in [0.25, 0.3) is 0 Å². The van der Waals surface area contributed by atoms with Crippen molar-refractivity contribution in [1.82, 2.24) is 14.9 Å². The van der Waals surface area contributed by atoms with Crippen LogP contribution in [0.4, 0.5) is 5.69 Å². The molecule has 1 spiro atoms. The molecule has 2 aromatic rings. The molecule has 0 N–H and O–H groups in total. The number of likely N-dealkylation sites (tertiary alicyclic amines) is 1. The van der Waals surface area contributed by atoms with Crippen LogP contribution in [-0.4, -0.2) is 46.8 Å². The molecule has 28 heavy (non-hydrogen) atoms. The highest BCUT2D eigenvalue weighted by Gasteiger charge is 2.52. The van der Waals surface area contributed by atoms with Gasteiger partial charge in [-0.3, -0.25) is 9.59 Å². The van der Waals surface area contributed by atoms with Gasteiger partial charge in [-0.1, -0.05) is 32.0 Å². The van der Waals surface area contributed by atoms with Crippen LogP contribution in [0.1, 0.15) is 60.0 Å². The summed E-state index contributed by atoms with van der Waals surface area (Å²) in [5.41, 5.74) is 2.55. The molecule has 3 heterocycles. The molecule has 0 bridgehead atoms. The lowest BCUT2D eigenvalue weighted by Gasteiger charge is -2.39. The third-order valence-electron chi connectivity index (χ3n) is 6.02. The van der Waals surface area contributed by atoms with Crippen LogP contribution in [0.15, 0.2) is 30.5 Å². The zero-order chi connectivity index (χ0) is 20.1. The first-order valence-electron chi connectivity index (χ1n) is 9.85. The molecule has 4 rings (SSSR count). The lowest BCUT2D eigenvalue weighted by molar-refractivity contribution is -0.124. The van der Waals surface area contributed by atoms with Crippen LogP contribution < -0.4 is 4.90 Å². The minimum Gasteiger partial charge on any atom is -0.337 e. The summed E-state index contributed by atoms with van der Waals surface area (Å²) in [6.45, 7) is 6.96. The normalized spacial score (nSPS) is 21.5. The number of aryl methyl sites for hydroxylation is 1. The van der Waals surface area contributed by atoms with E-state index in [2.05, 4.69) is 9.97 Å². The Morgan fingerprint density at radius 1 is 1.25 bits per heavy atom. The number of hydrogen-bond donors (Lipinski definition) is 0. The highest BCUT2D eigenvalue weighted by molar-refractivity contribution is 6.08. The minimum absolute atomic E-state index is 0.0781.